The second kappa shape index (κ2) is 6.73. The van der Waals surface area contributed by atoms with Gasteiger partial charge in [0.25, 0.3) is 0 Å². The highest BCUT2D eigenvalue weighted by Crippen LogP contribution is 2.24. The number of rotatable bonds is 6. The molecule has 0 amide bonds. The second-order valence-corrected chi connectivity index (χ2v) is 4.32. The van der Waals surface area contributed by atoms with Crippen LogP contribution in [0.4, 0.5) is 0 Å². The zero-order valence-corrected chi connectivity index (χ0v) is 11.2. The van der Waals surface area contributed by atoms with E-state index in [-0.39, 0.29) is 0 Å². The Balaban J connectivity index is 2.21. The summed E-state index contributed by atoms with van der Waals surface area (Å²) in [6.45, 7) is 2.46. The molecule has 0 heterocycles. The van der Waals surface area contributed by atoms with Gasteiger partial charge in [0.1, 0.15) is 17.5 Å². The van der Waals surface area contributed by atoms with Gasteiger partial charge in [-0.25, -0.2) is 0 Å². The molecule has 0 aliphatic heterocycles. The predicted octanol–water partition coefficient (Wildman–Crippen LogP) is 3.21. The number of ether oxygens (including phenoxy) is 1. The summed E-state index contributed by atoms with van der Waals surface area (Å²) in [5, 5.41) is 12.2. The highest BCUT2D eigenvalue weighted by Gasteiger charge is 2.18. The molecule has 0 aliphatic rings. The third-order valence-electron chi connectivity index (χ3n) is 2.83. The monoisotopic (exact) mass is 271 g/mol. The van der Waals surface area contributed by atoms with Gasteiger partial charge in [-0.1, -0.05) is 37.3 Å². The molecule has 1 atom stereocenters. The Kier molecular flexibility index (Phi) is 4.74. The Morgan fingerprint density at radius 2 is 1.85 bits per heavy atom. The molecular weight excluding hydrogens is 254 g/mol. The molecule has 0 aromatic heterocycles. The SMILES string of the molecule is CCNC(C(=O)O)c1cccc(Oc2ccccc2)c1. The molecule has 2 aromatic rings. The molecule has 0 saturated carbocycles. The van der Waals surface area contributed by atoms with E-state index in [0.717, 1.165) is 5.75 Å². The van der Waals surface area contributed by atoms with Crippen molar-refractivity contribution in [3.8, 4) is 11.5 Å². The van der Waals surface area contributed by atoms with Gasteiger partial charge in [-0.2, -0.15) is 0 Å². The van der Waals surface area contributed by atoms with Crippen molar-refractivity contribution in [1.82, 2.24) is 5.32 Å². The third kappa shape index (κ3) is 3.59. The van der Waals surface area contributed by atoms with Crippen LogP contribution in [0.15, 0.2) is 54.6 Å². The zero-order chi connectivity index (χ0) is 14.4. The van der Waals surface area contributed by atoms with Crippen LogP contribution in [0.3, 0.4) is 0 Å². The molecule has 1 unspecified atom stereocenters. The van der Waals surface area contributed by atoms with E-state index in [1.165, 1.54) is 0 Å². The van der Waals surface area contributed by atoms with Crippen LogP contribution in [0.1, 0.15) is 18.5 Å². The van der Waals surface area contributed by atoms with Crippen molar-refractivity contribution >= 4 is 5.97 Å². The van der Waals surface area contributed by atoms with Gasteiger partial charge in [0.15, 0.2) is 0 Å². The Labute approximate surface area is 118 Å². The lowest BCUT2D eigenvalue weighted by atomic mass is 10.1. The molecule has 0 radical (unpaired) electrons. The number of para-hydroxylation sites is 1. The van der Waals surface area contributed by atoms with Crippen molar-refractivity contribution < 1.29 is 14.6 Å². The van der Waals surface area contributed by atoms with Gasteiger partial charge in [-0.3, -0.25) is 4.79 Å². The number of hydrogen-bond acceptors (Lipinski definition) is 3. The fourth-order valence-corrected chi connectivity index (χ4v) is 1.93. The number of likely N-dealkylation sites (N-methyl/N-ethyl adjacent to an activating group) is 1. The first-order valence-corrected chi connectivity index (χ1v) is 6.49. The van der Waals surface area contributed by atoms with E-state index < -0.39 is 12.0 Å². The van der Waals surface area contributed by atoms with Crippen LogP contribution in [0, 0.1) is 0 Å². The van der Waals surface area contributed by atoms with Crippen molar-refractivity contribution in [3.63, 3.8) is 0 Å². The maximum Gasteiger partial charge on any atom is 0.325 e. The summed E-state index contributed by atoms with van der Waals surface area (Å²) in [6, 6.07) is 15.8. The Hall–Kier alpha value is -2.33. The summed E-state index contributed by atoms with van der Waals surface area (Å²) in [5.74, 6) is 0.446. The first kappa shape index (κ1) is 14.1. The molecular formula is C16H17NO3. The molecule has 4 nitrogen and oxygen atoms in total. The van der Waals surface area contributed by atoms with Crippen LogP contribution in [0.2, 0.25) is 0 Å². The van der Waals surface area contributed by atoms with Crippen molar-refractivity contribution in [3.05, 3.63) is 60.2 Å². The number of aliphatic carboxylic acids is 1. The van der Waals surface area contributed by atoms with E-state index in [4.69, 9.17) is 4.74 Å². The highest BCUT2D eigenvalue weighted by atomic mass is 16.5. The third-order valence-corrected chi connectivity index (χ3v) is 2.83. The van der Waals surface area contributed by atoms with E-state index in [2.05, 4.69) is 5.32 Å². The van der Waals surface area contributed by atoms with Gasteiger partial charge in [-0.15, -0.1) is 0 Å². The number of hydrogen-bond donors (Lipinski definition) is 2. The fourth-order valence-electron chi connectivity index (χ4n) is 1.93. The topological polar surface area (TPSA) is 58.6 Å². The van der Waals surface area contributed by atoms with Gasteiger partial charge in [-0.05, 0) is 36.4 Å². The average molecular weight is 271 g/mol. The molecule has 0 bridgehead atoms. The van der Waals surface area contributed by atoms with Crippen LogP contribution < -0.4 is 10.1 Å². The standard InChI is InChI=1S/C16H17NO3/c1-2-17-15(16(18)19)12-7-6-10-14(11-12)20-13-8-4-3-5-9-13/h3-11,15,17H,2H2,1H3,(H,18,19). The maximum absolute atomic E-state index is 11.3. The number of nitrogens with one attached hydrogen (secondary N) is 1. The van der Waals surface area contributed by atoms with E-state index >= 15 is 0 Å². The minimum Gasteiger partial charge on any atom is -0.480 e. The normalized spacial score (nSPS) is 11.8. The highest BCUT2D eigenvalue weighted by molar-refractivity contribution is 5.75. The summed E-state index contributed by atoms with van der Waals surface area (Å²) in [6.07, 6.45) is 0. The Morgan fingerprint density at radius 3 is 2.50 bits per heavy atom. The second-order valence-electron chi connectivity index (χ2n) is 4.32. The van der Waals surface area contributed by atoms with E-state index in [1.807, 2.05) is 37.3 Å². The lowest BCUT2D eigenvalue weighted by Crippen LogP contribution is -2.28. The van der Waals surface area contributed by atoms with Crippen LogP contribution >= 0.6 is 0 Å². The molecule has 0 spiro atoms. The molecule has 2 rings (SSSR count). The molecule has 104 valence electrons. The summed E-state index contributed by atoms with van der Waals surface area (Å²) < 4.78 is 5.71. The minimum absolute atomic E-state index is 0.584. The van der Waals surface area contributed by atoms with Crippen LogP contribution in [-0.2, 0) is 4.79 Å². The van der Waals surface area contributed by atoms with Gasteiger partial charge in [0.05, 0.1) is 0 Å². The molecule has 0 saturated heterocycles. The predicted molar refractivity (Wildman–Crippen MR) is 77.0 cm³/mol. The molecule has 2 aromatic carbocycles. The summed E-state index contributed by atoms with van der Waals surface area (Å²) in [7, 11) is 0. The summed E-state index contributed by atoms with van der Waals surface area (Å²) >= 11 is 0. The molecule has 20 heavy (non-hydrogen) atoms. The fraction of sp³-hybridized carbons (Fsp3) is 0.188. The molecule has 4 heteroatoms. The molecule has 2 N–H and O–H groups in total. The number of carbonyl (C=O) groups is 1. The molecule has 0 aliphatic carbocycles. The van der Waals surface area contributed by atoms with E-state index in [1.54, 1.807) is 24.3 Å². The summed E-state index contributed by atoms with van der Waals surface area (Å²) in [5.41, 5.74) is 0.674. The van der Waals surface area contributed by atoms with Crippen LogP contribution in [0.5, 0.6) is 11.5 Å². The van der Waals surface area contributed by atoms with Crippen molar-refractivity contribution in [2.24, 2.45) is 0 Å². The quantitative estimate of drug-likeness (QED) is 0.847. The van der Waals surface area contributed by atoms with Crippen molar-refractivity contribution in [2.45, 2.75) is 13.0 Å². The smallest absolute Gasteiger partial charge is 0.325 e. The lowest BCUT2D eigenvalue weighted by Gasteiger charge is -2.14. The van der Waals surface area contributed by atoms with E-state index in [9.17, 15) is 9.90 Å². The lowest BCUT2D eigenvalue weighted by molar-refractivity contribution is -0.139. The summed E-state index contributed by atoms with van der Waals surface area (Å²) in [4.78, 5) is 11.3. The van der Waals surface area contributed by atoms with Gasteiger partial charge < -0.3 is 15.2 Å². The van der Waals surface area contributed by atoms with Crippen LogP contribution in [-0.4, -0.2) is 17.6 Å². The Morgan fingerprint density at radius 1 is 1.15 bits per heavy atom. The van der Waals surface area contributed by atoms with Gasteiger partial charge in [0, 0.05) is 0 Å². The number of carboxylic acid groups (broad SMARTS) is 1. The number of benzene rings is 2. The minimum atomic E-state index is -0.899. The van der Waals surface area contributed by atoms with Crippen molar-refractivity contribution in [1.29, 1.82) is 0 Å². The first-order valence-electron chi connectivity index (χ1n) is 6.49. The van der Waals surface area contributed by atoms with Crippen molar-refractivity contribution in [2.75, 3.05) is 6.54 Å². The average Bonchev–Trinajstić information content (AvgIpc) is 2.46. The van der Waals surface area contributed by atoms with E-state index in [0.29, 0.717) is 17.9 Å². The van der Waals surface area contributed by atoms with Crippen LogP contribution in [0.25, 0.3) is 0 Å². The largest absolute Gasteiger partial charge is 0.480 e. The number of carboxylic acids is 1. The van der Waals surface area contributed by atoms with Gasteiger partial charge >= 0.3 is 5.97 Å². The first-order chi connectivity index (χ1) is 9.70. The maximum atomic E-state index is 11.3. The zero-order valence-electron chi connectivity index (χ0n) is 11.2. The van der Waals surface area contributed by atoms with Gasteiger partial charge in [0.2, 0.25) is 0 Å². The Bertz CT molecular complexity index is 569. The molecule has 0 fully saturated rings.